The summed E-state index contributed by atoms with van der Waals surface area (Å²) in [5, 5.41) is 9.25. The van der Waals surface area contributed by atoms with Gasteiger partial charge < -0.3 is 9.67 Å². The minimum atomic E-state index is 0.0152. The zero-order valence-electron chi connectivity index (χ0n) is 10.4. The van der Waals surface area contributed by atoms with Crippen molar-refractivity contribution >= 4 is 0 Å². The summed E-state index contributed by atoms with van der Waals surface area (Å²) in [6.45, 7) is 0.939. The number of hydrogen-bond donors (Lipinski definition) is 1. The second-order valence-electron chi connectivity index (χ2n) is 4.94. The lowest BCUT2D eigenvalue weighted by Gasteiger charge is -2.26. The number of aliphatic hydroxyl groups is 1. The molecular formula is C15H18N2O. The molecule has 94 valence electrons. The summed E-state index contributed by atoms with van der Waals surface area (Å²) in [5.74, 6) is 1.31. The number of nitrogens with zero attached hydrogens (tertiary/aromatic N) is 2. The summed E-state index contributed by atoms with van der Waals surface area (Å²) in [6, 6.07) is 8.73. The fourth-order valence-electron chi connectivity index (χ4n) is 2.94. The van der Waals surface area contributed by atoms with Crippen molar-refractivity contribution in [1.82, 2.24) is 9.55 Å². The van der Waals surface area contributed by atoms with Crippen molar-refractivity contribution in [1.29, 1.82) is 0 Å². The van der Waals surface area contributed by atoms with Gasteiger partial charge in [0.05, 0.1) is 0 Å². The number of imidazole rings is 1. The van der Waals surface area contributed by atoms with Gasteiger partial charge in [-0.05, 0) is 30.4 Å². The minimum Gasteiger partial charge on any atom is -0.388 e. The van der Waals surface area contributed by atoms with Crippen molar-refractivity contribution in [2.45, 2.75) is 38.3 Å². The van der Waals surface area contributed by atoms with E-state index in [0.717, 1.165) is 12.4 Å². The average Bonchev–Trinajstić information content (AvgIpc) is 2.86. The van der Waals surface area contributed by atoms with E-state index in [-0.39, 0.29) is 6.61 Å². The lowest BCUT2D eigenvalue weighted by Crippen LogP contribution is -2.16. The summed E-state index contributed by atoms with van der Waals surface area (Å²) < 4.78 is 2.08. The molecule has 0 aliphatic heterocycles. The van der Waals surface area contributed by atoms with Crippen LogP contribution in [0, 0.1) is 0 Å². The maximum absolute atomic E-state index is 9.25. The van der Waals surface area contributed by atoms with Crippen LogP contribution in [-0.2, 0) is 19.6 Å². The molecule has 0 amide bonds. The topological polar surface area (TPSA) is 38.1 Å². The molecule has 0 radical (unpaired) electrons. The summed E-state index contributed by atoms with van der Waals surface area (Å²) >= 11 is 0. The molecule has 1 unspecified atom stereocenters. The zero-order valence-corrected chi connectivity index (χ0v) is 10.4. The molecule has 1 aromatic carbocycles. The fraction of sp³-hybridized carbons (Fsp3) is 0.400. The molecule has 0 spiro atoms. The number of fused-ring (bicyclic) bond motifs is 1. The smallest absolute Gasteiger partial charge is 0.134 e. The molecule has 0 bridgehead atoms. The molecule has 18 heavy (non-hydrogen) atoms. The molecule has 1 aliphatic rings. The van der Waals surface area contributed by atoms with Gasteiger partial charge in [-0.3, -0.25) is 0 Å². The Morgan fingerprint density at radius 3 is 3.11 bits per heavy atom. The predicted octanol–water partition coefficient (Wildman–Crippen LogP) is 2.50. The van der Waals surface area contributed by atoms with Crippen molar-refractivity contribution < 1.29 is 5.11 Å². The molecule has 3 nitrogen and oxygen atoms in total. The first-order valence-electron chi connectivity index (χ1n) is 6.57. The van der Waals surface area contributed by atoms with Gasteiger partial charge in [-0.1, -0.05) is 24.3 Å². The number of aliphatic hydroxyl groups excluding tert-OH is 1. The van der Waals surface area contributed by atoms with E-state index in [9.17, 15) is 5.11 Å². The Morgan fingerprint density at radius 2 is 2.22 bits per heavy atom. The summed E-state index contributed by atoms with van der Waals surface area (Å²) in [5.41, 5.74) is 2.96. The van der Waals surface area contributed by atoms with Crippen LogP contribution in [0.3, 0.4) is 0 Å². The number of aromatic nitrogens is 2. The van der Waals surface area contributed by atoms with Gasteiger partial charge in [0, 0.05) is 24.9 Å². The van der Waals surface area contributed by atoms with E-state index in [1.165, 1.54) is 30.4 Å². The molecule has 3 heteroatoms. The Bertz CT molecular complexity index is 533. The standard InChI is InChI=1S/C15H18N2O/c18-11-15-16-8-9-17(15)10-13-6-3-5-12-4-1-2-7-14(12)13/h1-2,4,7-9,13,18H,3,5-6,10-11H2. The molecule has 1 heterocycles. The van der Waals surface area contributed by atoms with E-state index in [2.05, 4.69) is 33.8 Å². The van der Waals surface area contributed by atoms with Crippen molar-refractivity contribution in [3.05, 3.63) is 53.6 Å². The van der Waals surface area contributed by atoms with Crippen LogP contribution < -0.4 is 0 Å². The van der Waals surface area contributed by atoms with Gasteiger partial charge in [-0.15, -0.1) is 0 Å². The monoisotopic (exact) mass is 242 g/mol. The van der Waals surface area contributed by atoms with Crippen molar-refractivity contribution in [2.24, 2.45) is 0 Å². The summed E-state index contributed by atoms with van der Waals surface area (Å²) in [6.07, 6.45) is 7.40. The third-order valence-corrected chi connectivity index (χ3v) is 3.85. The van der Waals surface area contributed by atoms with Crippen LogP contribution in [0.4, 0.5) is 0 Å². The first-order valence-corrected chi connectivity index (χ1v) is 6.57. The van der Waals surface area contributed by atoms with E-state index in [4.69, 9.17) is 0 Å². The van der Waals surface area contributed by atoms with E-state index < -0.39 is 0 Å². The average molecular weight is 242 g/mol. The molecule has 0 saturated carbocycles. The highest BCUT2D eigenvalue weighted by atomic mass is 16.3. The highest BCUT2D eigenvalue weighted by molar-refractivity contribution is 5.32. The molecule has 1 aromatic heterocycles. The van der Waals surface area contributed by atoms with Crippen molar-refractivity contribution in [2.75, 3.05) is 0 Å². The van der Waals surface area contributed by atoms with Gasteiger partial charge in [0.2, 0.25) is 0 Å². The Hall–Kier alpha value is -1.61. The fourth-order valence-corrected chi connectivity index (χ4v) is 2.94. The maximum Gasteiger partial charge on any atom is 0.134 e. The van der Waals surface area contributed by atoms with Crippen LogP contribution in [0.1, 0.15) is 35.7 Å². The first kappa shape index (κ1) is 11.5. The number of hydrogen-bond acceptors (Lipinski definition) is 2. The molecule has 0 fully saturated rings. The quantitative estimate of drug-likeness (QED) is 0.898. The van der Waals surface area contributed by atoms with Gasteiger partial charge in [-0.2, -0.15) is 0 Å². The van der Waals surface area contributed by atoms with Crippen molar-refractivity contribution in [3.63, 3.8) is 0 Å². The summed E-state index contributed by atoms with van der Waals surface area (Å²) in [4.78, 5) is 4.17. The van der Waals surface area contributed by atoms with E-state index in [1.54, 1.807) is 6.20 Å². The highest BCUT2D eigenvalue weighted by Crippen LogP contribution is 2.32. The Kier molecular flexibility index (Phi) is 3.15. The Balaban J connectivity index is 1.86. The molecule has 1 N–H and O–H groups in total. The first-order chi connectivity index (χ1) is 8.88. The number of benzene rings is 1. The van der Waals surface area contributed by atoms with Crippen LogP contribution in [0.5, 0.6) is 0 Å². The van der Waals surface area contributed by atoms with Crippen LogP contribution in [0.25, 0.3) is 0 Å². The zero-order chi connectivity index (χ0) is 12.4. The number of rotatable bonds is 3. The van der Waals surface area contributed by atoms with Crippen molar-refractivity contribution in [3.8, 4) is 0 Å². The molecule has 2 aromatic rings. The lowest BCUT2D eigenvalue weighted by molar-refractivity contribution is 0.263. The highest BCUT2D eigenvalue weighted by Gasteiger charge is 2.20. The third kappa shape index (κ3) is 2.06. The summed E-state index contributed by atoms with van der Waals surface area (Å²) in [7, 11) is 0. The van der Waals surface area contributed by atoms with Gasteiger partial charge >= 0.3 is 0 Å². The predicted molar refractivity (Wildman–Crippen MR) is 70.3 cm³/mol. The molecule has 1 aliphatic carbocycles. The van der Waals surface area contributed by atoms with Gasteiger partial charge in [0.25, 0.3) is 0 Å². The lowest BCUT2D eigenvalue weighted by atomic mass is 9.83. The largest absolute Gasteiger partial charge is 0.388 e. The maximum atomic E-state index is 9.25. The molecule has 0 saturated heterocycles. The molecular weight excluding hydrogens is 224 g/mol. The van der Waals surface area contributed by atoms with Crippen LogP contribution in [-0.4, -0.2) is 14.7 Å². The SMILES string of the molecule is OCc1nccn1CC1CCCc2ccccc21. The van der Waals surface area contributed by atoms with Gasteiger partial charge in [-0.25, -0.2) is 4.98 Å². The Morgan fingerprint density at radius 1 is 1.33 bits per heavy atom. The second-order valence-corrected chi connectivity index (χ2v) is 4.94. The second kappa shape index (κ2) is 4.94. The van der Waals surface area contributed by atoms with E-state index in [1.807, 2.05) is 6.20 Å². The van der Waals surface area contributed by atoms with E-state index >= 15 is 0 Å². The van der Waals surface area contributed by atoms with E-state index in [0.29, 0.717) is 5.92 Å². The van der Waals surface area contributed by atoms with Gasteiger partial charge in [0.1, 0.15) is 12.4 Å². The number of aryl methyl sites for hydroxylation is 1. The van der Waals surface area contributed by atoms with Crippen LogP contribution in [0.2, 0.25) is 0 Å². The molecule has 3 rings (SSSR count). The molecule has 1 atom stereocenters. The third-order valence-electron chi connectivity index (χ3n) is 3.85. The van der Waals surface area contributed by atoms with Gasteiger partial charge in [0.15, 0.2) is 0 Å². The normalized spacial score (nSPS) is 18.6. The van der Waals surface area contributed by atoms with Crippen LogP contribution >= 0.6 is 0 Å². The Labute approximate surface area is 107 Å². The minimum absolute atomic E-state index is 0.0152. The van der Waals surface area contributed by atoms with Crippen LogP contribution in [0.15, 0.2) is 36.7 Å².